The molecular formula is C37H75N3O4S. The molecule has 8 heteroatoms. The molecule has 0 aromatic rings. The standard InChI is InChI=1S/C37H75N3O4S/c1-6-7-8-9-10-11-12-13-14-17-20-23-26-35(41)27-28-38-45(5,43)34-25-22-19-16-15-18-21-24-29-39-30-32-40(33-31-39)36(42)44-37(2,3)4/h35,41H,6-34H2,1-5H3/t35-,45?/m1/s1. The van der Waals surface area contributed by atoms with Gasteiger partial charge in [-0.25, -0.2) is 9.16 Å². The summed E-state index contributed by atoms with van der Waals surface area (Å²) in [4.78, 5) is 16.5. The van der Waals surface area contributed by atoms with Gasteiger partial charge in [0, 0.05) is 47.9 Å². The fraction of sp³-hybridized carbons (Fsp3) is 0.973. The second-order valence-electron chi connectivity index (χ2n) is 14.8. The molecule has 1 N–H and O–H groups in total. The Morgan fingerprint density at radius 3 is 1.71 bits per heavy atom. The Morgan fingerprint density at radius 2 is 1.20 bits per heavy atom. The van der Waals surface area contributed by atoms with Crippen molar-refractivity contribution in [3.8, 4) is 0 Å². The van der Waals surface area contributed by atoms with Gasteiger partial charge in [-0.3, -0.25) is 9.11 Å². The molecule has 0 aromatic heterocycles. The van der Waals surface area contributed by atoms with Crippen molar-refractivity contribution in [3.05, 3.63) is 0 Å². The third-order valence-corrected chi connectivity index (χ3v) is 10.8. The zero-order valence-electron chi connectivity index (χ0n) is 30.5. The number of piperazine rings is 1. The van der Waals surface area contributed by atoms with Crippen LogP contribution in [0, 0.1) is 0 Å². The first-order valence-electron chi connectivity index (χ1n) is 19.1. The molecule has 1 heterocycles. The predicted molar refractivity (Wildman–Crippen MR) is 194 cm³/mol. The van der Waals surface area contributed by atoms with Crippen LogP contribution in [-0.2, 0) is 14.5 Å². The molecule has 0 saturated carbocycles. The van der Waals surface area contributed by atoms with Gasteiger partial charge in [0.2, 0.25) is 0 Å². The third-order valence-electron chi connectivity index (χ3n) is 8.99. The molecule has 1 aliphatic rings. The van der Waals surface area contributed by atoms with Gasteiger partial charge in [0.25, 0.3) is 0 Å². The highest BCUT2D eigenvalue weighted by Gasteiger charge is 2.25. The molecule has 0 radical (unpaired) electrons. The van der Waals surface area contributed by atoms with E-state index in [1.807, 2.05) is 25.7 Å². The highest BCUT2D eigenvalue weighted by molar-refractivity contribution is 7.92. The van der Waals surface area contributed by atoms with Gasteiger partial charge in [-0.05, 0) is 53.0 Å². The van der Waals surface area contributed by atoms with Crippen LogP contribution in [0.5, 0.6) is 0 Å². The summed E-state index contributed by atoms with van der Waals surface area (Å²) >= 11 is 0. The molecule has 1 fully saturated rings. The molecule has 1 rings (SSSR count). The Kier molecular flexibility index (Phi) is 24.5. The Morgan fingerprint density at radius 1 is 0.733 bits per heavy atom. The molecule has 2 atom stereocenters. The Balaban J connectivity index is 1.92. The quantitative estimate of drug-likeness (QED) is 0.0890. The highest BCUT2D eigenvalue weighted by Crippen LogP contribution is 2.16. The van der Waals surface area contributed by atoms with E-state index in [0.29, 0.717) is 18.7 Å². The van der Waals surface area contributed by atoms with E-state index < -0.39 is 15.3 Å². The van der Waals surface area contributed by atoms with Gasteiger partial charge in [-0.2, -0.15) is 0 Å². The first kappa shape index (κ1) is 42.2. The monoisotopic (exact) mass is 658 g/mol. The van der Waals surface area contributed by atoms with Crippen LogP contribution in [0.2, 0.25) is 0 Å². The molecule has 1 aliphatic heterocycles. The van der Waals surface area contributed by atoms with E-state index in [1.165, 1.54) is 109 Å². The SMILES string of the molecule is CCCCCCCCCCCCCC[C@@H](O)CCN=S(C)(=O)CCCCCCCCCCN1CCN(C(=O)OC(C)(C)C)CC1. The molecule has 1 saturated heterocycles. The maximum Gasteiger partial charge on any atom is 0.410 e. The van der Waals surface area contributed by atoms with Crippen LogP contribution in [0.25, 0.3) is 0 Å². The van der Waals surface area contributed by atoms with Crippen molar-refractivity contribution in [2.75, 3.05) is 51.3 Å². The average Bonchev–Trinajstić information content (AvgIpc) is 2.98. The summed E-state index contributed by atoms with van der Waals surface area (Å²) in [6.45, 7) is 13.0. The highest BCUT2D eigenvalue weighted by atomic mass is 32.2. The van der Waals surface area contributed by atoms with Gasteiger partial charge in [0.05, 0.1) is 12.6 Å². The van der Waals surface area contributed by atoms with Crippen LogP contribution < -0.4 is 0 Å². The lowest BCUT2D eigenvalue weighted by molar-refractivity contribution is 0.0144. The van der Waals surface area contributed by atoms with E-state index in [1.54, 1.807) is 6.26 Å². The van der Waals surface area contributed by atoms with Crippen LogP contribution in [-0.4, -0.2) is 88.2 Å². The number of rotatable bonds is 27. The first-order chi connectivity index (χ1) is 21.5. The van der Waals surface area contributed by atoms with E-state index in [2.05, 4.69) is 16.2 Å². The Bertz CT molecular complexity index is 830. The van der Waals surface area contributed by atoms with Crippen molar-refractivity contribution in [1.29, 1.82) is 0 Å². The minimum Gasteiger partial charge on any atom is -0.444 e. The molecule has 45 heavy (non-hydrogen) atoms. The smallest absolute Gasteiger partial charge is 0.410 e. The number of amides is 1. The number of nitrogens with zero attached hydrogens (tertiary/aromatic N) is 3. The molecule has 268 valence electrons. The maximum absolute atomic E-state index is 12.8. The van der Waals surface area contributed by atoms with Gasteiger partial charge in [-0.1, -0.05) is 122 Å². The van der Waals surface area contributed by atoms with Crippen LogP contribution in [0.3, 0.4) is 0 Å². The summed E-state index contributed by atoms with van der Waals surface area (Å²) in [6.07, 6.45) is 28.4. The molecular weight excluding hydrogens is 582 g/mol. The summed E-state index contributed by atoms with van der Waals surface area (Å²) in [5.41, 5.74) is -0.433. The number of unbranched alkanes of at least 4 members (excludes halogenated alkanes) is 18. The number of carbonyl (C=O) groups excluding carboxylic acids is 1. The van der Waals surface area contributed by atoms with Crippen molar-refractivity contribution >= 4 is 15.8 Å². The predicted octanol–water partition coefficient (Wildman–Crippen LogP) is 9.60. The van der Waals surface area contributed by atoms with E-state index >= 15 is 0 Å². The molecule has 0 aromatic carbocycles. The van der Waals surface area contributed by atoms with Crippen molar-refractivity contribution in [2.24, 2.45) is 4.36 Å². The summed E-state index contributed by atoms with van der Waals surface area (Å²) < 4.78 is 22.8. The van der Waals surface area contributed by atoms with E-state index in [-0.39, 0.29) is 12.2 Å². The van der Waals surface area contributed by atoms with Gasteiger partial charge in [0.1, 0.15) is 5.60 Å². The van der Waals surface area contributed by atoms with Gasteiger partial charge in [0.15, 0.2) is 0 Å². The summed E-state index contributed by atoms with van der Waals surface area (Å²) in [6, 6.07) is 0. The third kappa shape index (κ3) is 25.9. The van der Waals surface area contributed by atoms with Gasteiger partial charge in [-0.15, -0.1) is 0 Å². The number of ether oxygens (including phenoxy) is 1. The van der Waals surface area contributed by atoms with Gasteiger partial charge >= 0.3 is 6.09 Å². The number of hydrogen-bond donors (Lipinski definition) is 1. The zero-order chi connectivity index (χ0) is 33.2. The van der Waals surface area contributed by atoms with Crippen LogP contribution in [0.4, 0.5) is 4.79 Å². The molecule has 0 spiro atoms. The lowest BCUT2D eigenvalue weighted by Crippen LogP contribution is -2.50. The normalized spacial score (nSPS) is 16.4. The Hall–Kier alpha value is -0.860. The molecule has 0 aliphatic carbocycles. The number of carbonyl (C=O) groups is 1. The molecule has 0 bridgehead atoms. The van der Waals surface area contributed by atoms with Gasteiger partial charge < -0.3 is 14.7 Å². The maximum atomic E-state index is 12.8. The minimum atomic E-state index is -2.13. The average molecular weight is 658 g/mol. The van der Waals surface area contributed by atoms with E-state index in [4.69, 9.17) is 4.74 Å². The minimum absolute atomic E-state index is 0.187. The second-order valence-corrected chi connectivity index (χ2v) is 17.4. The number of aliphatic hydroxyl groups is 1. The lowest BCUT2D eigenvalue weighted by atomic mass is 10.0. The van der Waals surface area contributed by atoms with Crippen LogP contribution in [0.1, 0.15) is 169 Å². The lowest BCUT2D eigenvalue weighted by Gasteiger charge is -2.35. The zero-order valence-corrected chi connectivity index (χ0v) is 31.3. The fourth-order valence-electron chi connectivity index (χ4n) is 6.07. The van der Waals surface area contributed by atoms with Crippen LogP contribution in [0.15, 0.2) is 4.36 Å². The fourth-order valence-corrected chi connectivity index (χ4v) is 7.43. The summed E-state index contributed by atoms with van der Waals surface area (Å²) in [5, 5.41) is 10.3. The van der Waals surface area contributed by atoms with Crippen molar-refractivity contribution in [1.82, 2.24) is 9.80 Å². The number of hydrogen-bond acceptors (Lipinski definition) is 6. The molecule has 7 nitrogen and oxygen atoms in total. The van der Waals surface area contributed by atoms with Crippen molar-refractivity contribution in [2.45, 2.75) is 181 Å². The van der Waals surface area contributed by atoms with E-state index in [0.717, 1.165) is 58.4 Å². The first-order valence-corrected chi connectivity index (χ1v) is 21.2. The van der Waals surface area contributed by atoms with Crippen LogP contribution >= 0.6 is 0 Å². The van der Waals surface area contributed by atoms with E-state index in [9.17, 15) is 14.1 Å². The molecule has 1 unspecified atom stereocenters. The largest absolute Gasteiger partial charge is 0.444 e. The summed E-state index contributed by atoms with van der Waals surface area (Å²) in [5.74, 6) is 0.684. The topological polar surface area (TPSA) is 82.4 Å². The van der Waals surface area contributed by atoms with Crippen molar-refractivity contribution in [3.63, 3.8) is 0 Å². The Labute approximate surface area is 280 Å². The number of aliphatic hydroxyl groups excluding tert-OH is 1. The molecule has 1 amide bonds. The second kappa shape index (κ2) is 26.1. The van der Waals surface area contributed by atoms with Crippen molar-refractivity contribution < 1.29 is 18.8 Å². The summed E-state index contributed by atoms with van der Waals surface area (Å²) in [7, 11) is -2.13.